The summed E-state index contributed by atoms with van der Waals surface area (Å²) in [6.07, 6.45) is 18.8. The summed E-state index contributed by atoms with van der Waals surface area (Å²) in [6, 6.07) is 0. The molecule has 0 aliphatic rings. The second-order valence-electron chi connectivity index (χ2n) is 7.72. The number of phosphoric ester groups is 1. The first-order chi connectivity index (χ1) is 15.0. The average molecular weight is 467 g/mol. The van der Waals surface area contributed by atoms with E-state index < -0.39 is 33.2 Å². The maximum atomic E-state index is 13.6. The van der Waals surface area contributed by atoms with Gasteiger partial charge in [0.1, 0.15) is 6.61 Å². The van der Waals surface area contributed by atoms with E-state index in [2.05, 4.69) is 28.1 Å². The molecule has 0 aromatic heterocycles. The van der Waals surface area contributed by atoms with Gasteiger partial charge in [-0.25, -0.2) is 8.96 Å². The topological polar surface area (TPSA) is 71.1 Å². The van der Waals surface area contributed by atoms with Crippen LogP contribution in [0, 0.1) is 0 Å². The molecule has 0 spiro atoms. The molecular formula is C23H44FO6P. The number of rotatable bonds is 22. The van der Waals surface area contributed by atoms with Gasteiger partial charge in [-0.1, -0.05) is 70.4 Å². The first-order valence-corrected chi connectivity index (χ1v) is 13.2. The van der Waals surface area contributed by atoms with E-state index in [0.29, 0.717) is 0 Å². The van der Waals surface area contributed by atoms with Gasteiger partial charge in [-0.2, -0.15) is 0 Å². The summed E-state index contributed by atoms with van der Waals surface area (Å²) in [5.41, 5.74) is 0. The van der Waals surface area contributed by atoms with Crippen molar-refractivity contribution in [1.29, 1.82) is 0 Å². The van der Waals surface area contributed by atoms with Gasteiger partial charge in [0, 0.05) is 20.6 Å². The van der Waals surface area contributed by atoms with Crippen molar-refractivity contribution in [2.24, 2.45) is 0 Å². The van der Waals surface area contributed by atoms with Crippen molar-refractivity contribution >= 4 is 13.8 Å². The molecule has 0 N–H and O–H groups in total. The van der Waals surface area contributed by atoms with Gasteiger partial charge >= 0.3 is 13.8 Å². The fourth-order valence-electron chi connectivity index (χ4n) is 3.00. The molecule has 0 saturated heterocycles. The van der Waals surface area contributed by atoms with E-state index >= 15 is 0 Å². The molecule has 8 heteroatoms. The summed E-state index contributed by atoms with van der Waals surface area (Å²) in [5.74, 6) is -0.429. The Balaban J connectivity index is 3.48. The van der Waals surface area contributed by atoms with Gasteiger partial charge in [0.05, 0.1) is 6.61 Å². The molecule has 0 heterocycles. The molecule has 0 saturated carbocycles. The van der Waals surface area contributed by atoms with Crippen molar-refractivity contribution in [3.63, 3.8) is 0 Å². The lowest BCUT2D eigenvalue weighted by Crippen LogP contribution is -2.19. The van der Waals surface area contributed by atoms with E-state index in [-0.39, 0.29) is 6.42 Å². The summed E-state index contributed by atoms with van der Waals surface area (Å²) in [4.78, 5) is 11.7. The number of halogens is 1. The predicted octanol–water partition coefficient (Wildman–Crippen LogP) is 7.32. The lowest BCUT2D eigenvalue weighted by molar-refractivity contribution is -0.145. The van der Waals surface area contributed by atoms with Crippen LogP contribution in [0.25, 0.3) is 0 Å². The Morgan fingerprint density at radius 3 is 1.90 bits per heavy atom. The highest BCUT2D eigenvalue weighted by Gasteiger charge is 2.25. The Labute approximate surface area is 188 Å². The number of alkyl halides is 1. The minimum Gasteiger partial charge on any atom is -0.462 e. The minimum absolute atomic E-state index is 0.278. The number of phosphoric acid groups is 1. The molecule has 0 bridgehead atoms. The molecule has 0 radical (unpaired) electrons. The quantitative estimate of drug-likeness (QED) is 0.0720. The van der Waals surface area contributed by atoms with Crippen LogP contribution in [-0.2, 0) is 27.7 Å². The van der Waals surface area contributed by atoms with Gasteiger partial charge in [0.25, 0.3) is 0 Å². The smallest absolute Gasteiger partial charge is 0.462 e. The van der Waals surface area contributed by atoms with Crippen molar-refractivity contribution in [3.05, 3.63) is 12.2 Å². The molecule has 0 aromatic rings. The number of carbonyl (C=O) groups is 1. The zero-order valence-electron chi connectivity index (χ0n) is 19.8. The Morgan fingerprint density at radius 2 is 1.35 bits per heavy atom. The third-order valence-electron chi connectivity index (χ3n) is 4.93. The van der Waals surface area contributed by atoms with Gasteiger partial charge < -0.3 is 4.74 Å². The van der Waals surface area contributed by atoms with Crippen molar-refractivity contribution < 1.29 is 32.1 Å². The van der Waals surface area contributed by atoms with Crippen LogP contribution in [0.1, 0.15) is 96.8 Å². The van der Waals surface area contributed by atoms with Crippen molar-refractivity contribution in [1.82, 2.24) is 0 Å². The van der Waals surface area contributed by atoms with Gasteiger partial charge in [-0.15, -0.1) is 0 Å². The molecule has 184 valence electrons. The van der Waals surface area contributed by atoms with Crippen LogP contribution < -0.4 is 0 Å². The lowest BCUT2D eigenvalue weighted by atomic mass is 10.1. The normalized spacial score (nSPS) is 13.0. The van der Waals surface area contributed by atoms with Crippen molar-refractivity contribution in [3.8, 4) is 0 Å². The van der Waals surface area contributed by atoms with Crippen LogP contribution in [0.5, 0.6) is 0 Å². The first kappa shape index (κ1) is 30.2. The summed E-state index contributed by atoms with van der Waals surface area (Å²) < 4.78 is 44.0. The second kappa shape index (κ2) is 21.1. The van der Waals surface area contributed by atoms with Crippen LogP contribution >= 0.6 is 7.82 Å². The highest BCUT2D eigenvalue weighted by molar-refractivity contribution is 7.48. The largest absolute Gasteiger partial charge is 0.474 e. The van der Waals surface area contributed by atoms with Crippen molar-refractivity contribution in [2.45, 2.75) is 103 Å². The molecule has 0 rings (SSSR count). The number of ether oxygens (including phenoxy) is 1. The monoisotopic (exact) mass is 466 g/mol. The maximum absolute atomic E-state index is 13.6. The van der Waals surface area contributed by atoms with E-state index in [0.717, 1.165) is 46.3 Å². The summed E-state index contributed by atoms with van der Waals surface area (Å²) in [5, 5.41) is 0. The first-order valence-electron chi connectivity index (χ1n) is 11.8. The molecule has 1 unspecified atom stereocenters. The zero-order valence-corrected chi connectivity index (χ0v) is 20.7. The Morgan fingerprint density at radius 1 is 0.839 bits per heavy atom. The molecular weight excluding hydrogens is 422 g/mol. The summed E-state index contributed by atoms with van der Waals surface area (Å²) in [7, 11) is -1.42. The number of hydrogen-bond donors (Lipinski definition) is 0. The van der Waals surface area contributed by atoms with Gasteiger partial charge in [-0.3, -0.25) is 18.4 Å². The third kappa shape index (κ3) is 19.6. The fourth-order valence-corrected chi connectivity index (χ4v) is 3.70. The van der Waals surface area contributed by atoms with Crippen LogP contribution in [0.2, 0.25) is 0 Å². The molecule has 0 aliphatic heterocycles. The predicted molar refractivity (Wildman–Crippen MR) is 123 cm³/mol. The molecule has 0 aromatic carbocycles. The van der Waals surface area contributed by atoms with Crippen LogP contribution in [0.3, 0.4) is 0 Å². The standard InChI is InChI=1S/C23H44FO6P/c1-4-5-6-7-8-9-10-11-12-13-14-15-16-17-18-19-23(25)29-20-22(24)21-30-31(26,27-2)28-3/h11-12,22H,4-10,13-21H2,1-3H3/b12-11-. The highest BCUT2D eigenvalue weighted by Crippen LogP contribution is 2.47. The van der Waals surface area contributed by atoms with Crippen LogP contribution in [-0.4, -0.2) is 39.6 Å². The van der Waals surface area contributed by atoms with Gasteiger partial charge in [-0.05, 0) is 32.1 Å². The van der Waals surface area contributed by atoms with Crippen LogP contribution in [0.15, 0.2) is 12.2 Å². The molecule has 1 atom stereocenters. The van der Waals surface area contributed by atoms with E-state index in [1.54, 1.807) is 0 Å². The minimum atomic E-state index is -3.71. The van der Waals surface area contributed by atoms with E-state index in [4.69, 9.17) is 9.26 Å². The van der Waals surface area contributed by atoms with Crippen LogP contribution in [0.4, 0.5) is 4.39 Å². The molecule has 0 amide bonds. The molecule has 0 fully saturated rings. The number of esters is 1. The third-order valence-corrected chi connectivity index (χ3v) is 6.29. The number of hydrogen-bond acceptors (Lipinski definition) is 6. The lowest BCUT2D eigenvalue weighted by Gasteiger charge is -2.15. The summed E-state index contributed by atoms with van der Waals surface area (Å²) in [6.45, 7) is 1.28. The Bertz CT molecular complexity index is 492. The summed E-state index contributed by atoms with van der Waals surface area (Å²) >= 11 is 0. The zero-order chi connectivity index (χ0) is 23.2. The molecule has 0 aliphatic carbocycles. The number of allylic oxidation sites excluding steroid dienone is 2. The van der Waals surface area contributed by atoms with Gasteiger partial charge in [0.2, 0.25) is 0 Å². The Kier molecular flexibility index (Phi) is 20.6. The van der Waals surface area contributed by atoms with Crippen molar-refractivity contribution in [2.75, 3.05) is 27.4 Å². The molecule has 6 nitrogen and oxygen atoms in total. The highest BCUT2D eigenvalue weighted by atomic mass is 31.2. The molecule has 31 heavy (non-hydrogen) atoms. The Hall–Kier alpha value is -0.750. The van der Waals surface area contributed by atoms with E-state index in [1.807, 2.05) is 0 Å². The SMILES string of the molecule is CCCCCCCC/C=C\CCCCCCCC(=O)OCC(F)COP(=O)(OC)OC. The van der Waals surface area contributed by atoms with E-state index in [1.165, 1.54) is 51.4 Å². The average Bonchev–Trinajstić information content (AvgIpc) is 2.78. The number of unbranched alkanes of at least 4 members (excludes halogenated alkanes) is 11. The number of carbonyl (C=O) groups excluding carboxylic acids is 1. The van der Waals surface area contributed by atoms with Gasteiger partial charge in [0.15, 0.2) is 6.17 Å². The van der Waals surface area contributed by atoms with E-state index in [9.17, 15) is 13.8 Å². The fraction of sp³-hybridized carbons (Fsp3) is 0.870. The maximum Gasteiger partial charge on any atom is 0.474 e. The second-order valence-corrected chi connectivity index (χ2v) is 9.61.